The molecule has 2 saturated heterocycles. The van der Waals surface area contributed by atoms with E-state index in [-0.39, 0.29) is 29.7 Å². The molecule has 0 bridgehead atoms. The summed E-state index contributed by atoms with van der Waals surface area (Å²) in [6.45, 7) is 2.14. The smallest absolute Gasteiger partial charge is 0.253 e. The van der Waals surface area contributed by atoms with Gasteiger partial charge < -0.3 is 19.7 Å². The normalized spacial score (nSPS) is 21.1. The van der Waals surface area contributed by atoms with Crippen molar-refractivity contribution in [3.63, 3.8) is 0 Å². The van der Waals surface area contributed by atoms with Crippen molar-refractivity contribution in [3.8, 4) is 5.75 Å². The summed E-state index contributed by atoms with van der Waals surface area (Å²) < 4.78 is 24.8. The molecule has 170 valence electrons. The molecule has 4 rings (SSSR count). The second kappa shape index (κ2) is 10.6. The van der Waals surface area contributed by atoms with E-state index in [1.54, 1.807) is 4.90 Å². The number of ether oxygens (including phenoxy) is 2. The fraction of sp³-hybridized carbons (Fsp3) is 0.440. The van der Waals surface area contributed by atoms with Gasteiger partial charge in [0.05, 0.1) is 17.7 Å². The number of piperidine rings is 1. The maximum Gasteiger partial charge on any atom is 0.253 e. The van der Waals surface area contributed by atoms with Crippen molar-refractivity contribution in [2.45, 2.75) is 38.2 Å². The molecule has 0 aliphatic carbocycles. The fourth-order valence-corrected chi connectivity index (χ4v) is 4.20. The SMILES string of the molecule is O=C(Nc1ccccc1OCC1CCCCO1)C1CCCN(C(=O)c2ccc(F)cc2)C1. The first-order valence-corrected chi connectivity index (χ1v) is 11.3. The van der Waals surface area contributed by atoms with Crippen LogP contribution >= 0.6 is 0 Å². The number of hydrogen-bond acceptors (Lipinski definition) is 4. The average Bonchev–Trinajstić information content (AvgIpc) is 2.84. The van der Waals surface area contributed by atoms with Crippen molar-refractivity contribution in [3.05, 3.63) is 59.9 Å². The summed E-state index contributed by atoms with van der Waals surface area (Å²) in [6.07, 6.45) is 4.73. The van der Waals surface area contributed by atoms with E-state index in [9.17, 15) is 14.0 Å². The second-order valence-electron chi connectivity index (χ2n) is 8.38. The molecule has 2 fully saturated rings. The molecular weight excluding hydrogens is 411 g/mol. The molecule has 2 aliphatic rings. The summed E-state index contributed by atoms with van der Waals surface area (Å²) in [5.41, 5.74) is 1.05. The summed E-state index contributed by atoms with van der Waals surface area (Å²) in [5, 5.41) is 2.98. The molecule has 7 heteroatoms. The summed E-state index contributed by atoms with van der Waals surface area (Å²) >= 11 is 0. The van der Waals surface area contributed by atoms with Gasteiger partial charge in [0.15, 0.2) is 0 Å². The van der Waals surface area contributed by atoms with E-state index in [1.165, 1.54) is 24.3 Å². The van der Waals surface area contributed by atoms with Crippen LogP contribution in [0.5, 0.6) is 5.75 Å². The molecule has 0 radical (unpaired) electrons. The zero-order chi connectivity index (χ0) is 22.3. The summed E-state index contributed by atoms with van der Waals surface area (Å²) in [4.78, 5) is 27.4. The number of carbonyl (C=O) groups is 2. The molecule has 2 aliphatic heterocycles. The molecule has 2 aromatic carbocycles. The predicted octanol–water partition coefficient (Wildman–Crippen LogP) is 4.26. The molecule has 2 heterocycles. The monoisotopic (exact) mass is 440 g/mol. The van der Waals surface area contributed by atoms with Crippen LogP contribution in [-0.4, -0.2) is 49.1 Å². The lowest BCUT2D eigenvalue weighted by Gasteiger charge is -2.32. The Kier molecular flexibility index (Phi) is 7.37. The van der Waals surface area contributed by atoms with Crippen LogP contribution in [0.3, 0.4) is 0 Å². The van der Waals surface area contributed by atoms with Gasteiger partial charge in [-0.3, -0.25) is 9.59 Å². The highest BCUT2D eigenvalue weighted by molar-refractivity contribution is 5.96. The van der Waals surface area contributed by atoms with Crippen LogP contribution in [0.25, 0.3) is 0 Å². The third-order valence-corrected chi connectivity index (χ3v) is 6.01. The van der Waals surface area contributed by atoms with Gasteiger partial charge in [-0.15, -0.1) is 0 Å². The lowest BCUT2D eigenvalue weighted by molar-refractivity contribution is -0.121. The van der Waals surface area contributed by atoms with Crippen LogP contribution in [0, 0.1) is 11.7 Å². The van der Waals surface area contributed by atoms with Crippen LogP contribution in [0.15, 0.2) is 48.5 Å². The number of para-hydroxylation sites is 2. The highest BCUT2D eigenvalue weighted by atomic mass is 19.1. The van der Waals surface area contributed by atoms with Gasteiger partial charge in [0.25, 0.3) is 5.91 Å². The third kappa shape index (κ3) is 5.65. The summed E-state index contributed by atoms with van der Waals surface area (Å²) in [6, 6.07) is 12.9. The third-order valence-electron chi connectivity index (χ3n) is 6.01. The Morgan fingerprint density at radius 2 is 1.88 bits per heavy atom. The van der Waals surface area contributed by atoms with Crippen molar-refractivity contribution >= 4 is 17.5 Å². The minimum absolute atomic E-state index is 0.0804. The van der Waals surface area contributed by atoms with Crippen LogP contribution < -0.4 is 10.1 Å². The number of benzene rings is 2. The Hall–Kier alpha value is -2.93. The Bertz CT molecular complexity index is 928. The minimum Gasteiger partial charge on any atom is -0.489 e. The number of nitrogens with zero attached hydrogens (tertiary/aromatic N) is 1. The predicted molar refractivity (Wildman–Crippen MR) is 119 cm³/mol. The van der Waals surface area contributed by atoms with Crippen LogP contribution in [0.2, 0.25) is 0 Å². The number of rotatable bonds is 6. The van der Waals surface area contributed by atoms with Gasteiger partial charge in [-0.1, -0.05) is 12.1 Å². The van der Waals surface area contributed by atoms with E-state index < -0.39 is 0 Å². The fourth-order valence-electron chi connectivity index (χ4n) is 4.20. The Morgan fingerprint density at radius 3 is 2.66 bits per heavy atom. The largest absolute Gasteiger partial charge is 0.489 e. The van der Waals surface area contributed by atoms with Crippen molar-refractivity contribution in [1.29, 1.82) is 0 Å². The molecule has 0 spiro atoms. The average molecular weight is 441 g/mol. The lowest BCUT2D eigenvalue weighted by Crippen LogP contribution is -2.43. The van der Waals surface area contributed by atoms with E-state index in [4.69, 9.17) is 9.47 Å². The second-order valence-corrected chi connectivity index (χ2v) is 8.38. The zero-order valence-corrected chi connectivity index (χ0v) is 18.1. The van der Waals surface area contributed by atoms with Gasteiger partial charge in [-0.2, -0.15) is 0 Å². The molecule has 6 nitrogen and oxygen atoms in total. The number of likely N-dealkylation sites (tertiary alicyclic amines) is 1. The van der Waals surface area contributed by atoms with Gasteiger partial charge in [0, 0.05) is 25.3 Å². The van der Waals surface area contributed by atoms with Crippen LogP contribution in [0.4, 0.5) is 10.1 Å². The Labute approximate surface area is 187 Å². The van der Waals surface area contributed by atoms with Crippen molar-refractivity contribution < 1.29 is 23.5 Å². The Balaban J connectivity index is 1.36. The first-order valence-electron chi connectivity index (χ1n) is 11.3. The van der Waals surface area contributed by atoms with Gasteiger partial charge in [-0.05, 0) is 68.5 Å². The van der Waals surface area contributed by atoms with E-state index in [0.29, 0.717) is 43.1 Å². The topological polar surface area (TPSA) is 67.9 Å². The first kappa shape index (κ1) is 22.3. The standard InChI is InChI=1S/C25H29FN2O4/c26-20-12-10-18(11-13-20)25(30)28-14-5-6-19(16-28)24(29)27-22-8-1-2-9-23(22)32-17-21-7-3-4-15-31-21/h1-2,8-13,19,21H,3-7,14-17H2,(H,27,29). The lowest BCUT2D eigenvalue weighted by atomic mass is 9.96. The van der Waals surface area contributed by atoms with Gasteiger partial charge >= 0.3 is 0 Å². The van der Waals surface area contributed by atoms with Gasteiger partial charge in [0.1, 0.15) is 18.2 Å². The van der Waals surface area contributed by atoms with Crippen LogP contribution in [-0.2, 0) is 9.53 Å². The Morgan fingerprint density at radius 1 is 1.06 bits per heavy atom. The van der Waals surface area contributed by atoms with E-state index in [2.05, 4.69) is 5.32 Å². The molecule has 0 aromatic heterocycles. The van der Waals surface area contributed by atoms with Crippen molar-refractivity contribution in [2.75, 3.05) is 31.6 Å². The van der Waals surface area contributed by atoms with Gasteiger partial charge in [0.2, 0.25) is 5.91 Å². The molecular formula is C25H29FN2O4. The molecule has 2 unspecified atom stereocenters. The molecule has 1 N–H and O–H groups in total. The quantitative estimate of drug-likeness (QED) is 0.729. The minimum atomic E-state index is -0.381. The summed E-state index contributed by atoms with van der Waals surface area (Å²) in [5.74, 6) is -0.397. The first-order chi connectivity index (χ1) is 15.6. The van der Waals surface area contributed by atoms with Crippen molar-refractivity contribution in [2.24, 2.45) is 5.92 Å². The van der Waals surface area contributed by atoms with E-state index in [1.807, 2.05) is 24.3 Å². The molecule has 32 heavy (non-hydrogen) atoms. The molecule has 0 saturated carbocycles. The molecule has 2 amide bonds. The zero-order valence-electron chi connectivity index (χ0n) is 18.1. The molecule has 2 aromatic rings. The number of halogens is 1. The van der Waals surface area contributed by atoms with Crippen molar-refractivity contribution in [1.82, 2.24) is 4.90 Å². The van der Waals surface area contributed by atoms with Crippen LogP contribution in [0.1, 0.15) is 42.5 Å². The maximum absolute atomic E-state index is 13.2. The number of amides is 2. The molecule has 2 atom stereocenters. The summed E-state index contributed by atoms with van der Waals surface area (Å²) in [7, 11) is 0. The maximum atomic E-state index is 13.2. The van der Waals surface area contributed by atoms with E-state index >= 15 is 0 Å². The van der Waals surface area contributed by atoms with E-state index in [0.717, 1.165) is 32.3 Å². The number of carbonyl (C=O) groups excluding carboxylic acids is 2. The highest BCUT2D eigenvalue weighted by Crippen LogP contribution is 2.27. The van der Waals surface area contributed by atoms with Gasteiger partial charge in [-0.25, -0.2) is 4.39 Å². The highest BCUT2D eigenvalue weighted by Gasteiger charge is 2.29. The number of hydrogen-bond donors (Lipinski definition) is 1. The number of nitrogens with one attached hydrogen (secondary N) is 1. The number of anilines is 1.